The summed E-state index contributed by atoms with van der Waals surface area (Å²) in [5.74, 6) is 1.59. The standard InChI is InChI=1S/2C9H17NO.2C8H15NO4/c1-3-8-7-4-5-10-9(7)6(2)11-8;1-3-8-9-7(4-5-10-9)6(2)11-8;2*10-6-5-4(2-1-3-9-5)13-8(12)7(6)11/h2*6-10H,3-5H2,1-2H3;2*4-12H,1-3H2. The van der Waals surface area contributed by atoms with Crippen molar-refractivity contribution in [3.05, 3.63) is 0 Å². The summed E-state index contributed by atoms with van der Waals surface area (Å²) in [4.78, 5) is 0. The summed E-state index contributed by atoms with van der Waals surface area (Å²) in [6.07, 6.45) is 3.32. The van der Waals surface area contributed by atoms with Gasteiger partial charge in [0.15, 0.2) is 12.6 Å². The molecular formula is C34H64N4O10. The molecule has 8 rings (SSSR count). The maximum atomic E-state index is 9.59. The minimum atomic E-state index is -1.25. The van der Waals surface area contributed by atoms with Gasteiger partial charge < -0.3 is 70.9 Å². The van der Waals surface area contributed by atoms with E-state index >= 15 is 0 Å². The lowest BCUT2D eigenvalue weighted by molar-refractivity contribution is -0.262. The fourth-order valence-corrected chi connectivity index (χ4v) is 9.07. The SMILES string of the molecule is CCC1OC(C)C2CCNC12.CCC1OC(C)C2NCCC12.OC1OC2CCCNC2C(O)C1O.OC1OC2CCCNC2C(O)C1O. The van der Waals surface area contributed by atoms with Gasteiger partial charge in [0.1, 0.15) is 24.4 Å². The van der Waals surface area contributed by atoms with Crippen LogP contribution in [0.2, 0.25) is 0 Å². The summed E-state index contributed by atoms with van der Waals surface area (Å²) in [5, 5.41) is 69.5. The number of nitrogens with one attached hydrogen (secondary N) is 4. The summed E-state index contributed by atoms with van der Waals surface area (Å²) in [5.41, 5.74) is 0. The Balaban J connectivity index is 0.000000126. The molecule has 0 radical (unpaired) electrons. The van der Waals surface area contributed by atoms with Gasteiger partial charge in [0.05, 0.1) is 48.7 Å². The van der Waals surface area contributed by atoms with Crippen molar-refractivity contribution in [1.29, 1.82) is 0 Å². The number of aliphatic hydroxyl groups is 6. The van der Waals surface area contributed by atoms with Crippen LogP contribution in [0.4, 0.5) is 0 Å². The minimum Gasteiger partial charge on any atom is -0.388 e. The Kier molecular flexibility index (Phi) is 14.3. The van der Waals surface area contributed by atoms with Crippen LogP contribution in [0, 0.1) is 11.8 Å². The van der Waals surface area contributed by atoms with Gasteiger partial charge in [-0.05, 0) is 91.4 Å². The first-order chi connectivity index (χ1) is 23.0. The smallest absolute Gasteiger partial charge is 0.183 e. The Labute approximate surface area is 285 Å². The second kappa shape index (κ2) is 17.8. The normalized spacial score (nSPS) is 50.6. The molecule has 48 heavy (non-hydrogen) atoms. The van der Waals surface area contributed by atoms with Gasteiger partial charge in [0.25, 0.3) is 0 Å². The monoisotopic (exact) mass is 688 g/mol. The van der Waals surface area contributed by atoms with Crippen molar-refractivity contribution < 1.29 is 49.6 Å². The van der Waals surface area contributed by atoms with Gasteiger partial charge >= 0.3 is 0 Å². The quantitative estimate of drug-likeness (QED) is 0.163. The highest BCUT2D eigenvalue weighted by Crippen LogP contribution is 2.35. The molecule has 18 atom stereocenters. The molecule has 0 amide bonds. The van der Waals surface area contributed by atoms with Gasteiger partial charge in [-0.1, -0.05) is 13.8 Å². The third-order valence-electron chi connectivity index (χ3n) is 11.7. The highest BCUT2D eigenvalue weighted by atomic mass is 16.6. The Hall–Kier alpha value is -0.560. The van der Waals surface area contributed by atoms with Crippen molar-refractivity contribution in [3.8, 4) is 0 Å². The second-order valence-electron chi connectivity index (χ2n) is 14.8. The summed E-state index contributed by atoms with van der Waals surface area (Å²) in [6.45, 7) is 12.9. The molecule has 280 valence electrons. The third kappa shape index (κ3) is 8.72. The number of rotatable bonds is 2. The zero-order valence-electron chi connectivity index (χ0n) is 29.2. The van der Waals surface area contributed by atoms with Crippen LogP contribution in [-0.2, 0) is 18.9 Å². The lowest BCUT2D eigenvalue weighted by atomic mass is 9.90. The van der Waals surface area contributed by atoms with E-state index in [1.54, 1.807) is 0 Å². The van der Waals surface area contributed by atoms with E-state index < -0.39 is 37.0 Å². The maximum Gasteiger partial charge on any atom is 0.183 e. The highest BCUT2D eigenvalue weighted by molar-refractivity contribution is 4.99. The summed E-state index contributed by atoms with van der Waals surface area (Å²) in [7, 11) is 0. The van der Waals surface area contributed by atoms with Gasteiger partial charge in [0.2, 0.25) is 0 Å². The molecule has 8 heterocycles. The van der Waals surface area contributed by atoms with Crippen molar-refractivity contribution in [1.82, 2.24) is 21.3 Å². The molecule has 8 saturated heterocycles. The third-order valence-corrected chi connectivity index (χ3v) is 11.7. The molecule has 10 N–H and O–H groups in total. The number of hydrogen-bond acceptors (Lipinski definition) is 14. The molecule has 14 heteroatoms. The molecule has 0 aromatic rings. The molecule has 0 aromatic heterocycles. The van der Waals surface area contributed by atoms with E-state index in [1.807, 2.05) is 0 Å². The molecule has 0 aromatic carbocycles. The molecule has 18 unspecified atom stereocenters. The van der Waals surface area contributed by atoms with Gasteiger partial charge in [0, 0.05) is 23.9 Å². The Morgan fingerprint density at radius 2 is 0.938 bits per heavy atom. The Morgan fingerprint density at radius 1 is 0.479 bits per heavy atom. The van der Waals surface area contributed by atoms with E-state index in [-0.39, 0.29) is 24.3 Å². The number of hydrogen-bond donors (Lipinski definition) is 10. The van der Waals surface area contributed by atoms with Crippen molar-refractivity contribution >= 4 is 0 Å². The van der Waals surface area contributed by atoms with Gasteiger partial charge in [-0.15, -0.1) is 0 Å². The zero-order valence-corrected chi connectivity index (χ0v) is 29.2. The van der Waals surface area contributed by atoms with Gasteiger partial charge in [-0.2, -0.15) is 0 Å². The largest absolute Gasteiger partial charge is 0.388 e. The summed E-state index contributed by atoms with van der Waals surface area (Å²) < 4.78 is 21.9. The average molecular weight is 689 g/mol. The van der Waals surface area contributed by atoms with Crippen LogP contribution < -0.4 is 21.3 Å². The van der Waals surface area contributed by atoms with Crippen molar-refractivity contribution in [3.63, 3.8) is 0 Å². The van der Waals surface area contributed by atoms with Crippen LogP contribution >= 0.6 is 0 Å². The molecule has 14 nitrogen and oxygen atoms in total. The van der Waals surface area contributed by atoms with E-state index in [2.05, 4.69) is 49.0 Å². The lowest BCUT2D eigenvalue weighted by Crippen LogP contribution is -2.64. The van der Waals surface area contributed by atoms with Gasteiger partial charge in [-0.25, -0.2) is 0 Å². The van der Waals surface area contributed by atoms with Crippen molar-refractivity contribution in [2.75, 3.05) is 26.2 Å². The number of ether oxygens (including phenoxy) is 4. The van der Waals surface area contributed by atoms with Crippen LogP contribution in [0.15, 0.2) is 0 Å². The fraction of sp³-hybridized carbons (Fsp3) is 1.00. The molecule has 0 saturated carbocycles. The molecule has 8 fully saturated rings. The van der Waals surface area contributed by atoms with Crippen LogP contribution in [0.25, 0.3) is 0 Å². The second-order valence-corrected chi connectivity index (χ2v) is 14.8. The van der Waals surface area contributed by atoms with E-state index in [0.717, 1.165) is 57.0 Å². The van der Waals surface area contributed by atoms with E-state index in [4.69, 9.17) is 18.9 Å². The Bertz CT molecular complexity index is 895. The van der Waals surface area contributed by atoms with Crippen LogP contribution in [0.1, 0.15) is 79.1 Å². The predicted molar refractivity (Wildman–Crippen MR) is 177 cm³/mol. The molecule has 0 bridgehead atoms. The first-order valence-electron chi connectivity index (χ1n) is 18.7. The highest BCUT2D eigenvalue weighted by Gasteiger charge is 2.47. The predicted octanol–water partition coefficient (Wildman–Crippen LogP) is -1.32. The first kappa shape index (κ1) is 38.7. The number of fused-ring (bicyclic) bond motifs is 4. The zero-order chi connectivity index (χ0) is 34.5. The molecule has 0 spiro atoms. The van der Waals surface area contributed by atoms with Crippen molar-refractivity contribution in [2.24, 2.45) is 11.8 Å². The van der Waals surface area contributed by atoms with Gasteiger partial charge in [-0.3, -0.25) is 0 Å². The van der Waals surface area contributed by atoms with Crippen LogP contribution in [0.3, 0.4) is 0 Å². The Morgan fingerprint density at radius 3 is 1.46 bits per heavy atom. The molecule has 8 aliphatic heterocycles. The molecular weight excluding hydrogens is 624 g/mol. The van der Waals surface area contributed by atoms with Crippen molar-refractivity contribution in [2.45, 2.75) is 177 Å². The number of piperidine rings is 2. The van der Waals surface area contributed by atoms with E-state index in [1.165, 1.54) is 32.4 Å². The van der Waals surface area contributed by atoms with Crippen LogP contribution in [-0.4, -0.2) is 155 Å². The fourth-order valence-electron chi connectivity index (χ4n) is 9.07. The first-order valence-corrected chi connectivity index (χ1v) is 18.7. The average Bonchev–Trinajstić information content (AvgIpc) is 3.89. The van der Waals surface area contributed by atoms with E-state index in [9.17, 15) is 30.6 Å². The summed E-state index contributed by atoms with van der Waals surface area (Å²) >= 11 is 0. The molecule has 0 aliphatic carbocycles. The lowest BCUT2D eigenvalue weighted by Gasteiger charge is -2.43. The minimum absolute atomic E-state index is 0.179. The number of aliphatic hydroxyl groups excluding tert-OH is 6. The summed E-state index contributed by atoms with van der Waals surface area (Å²) in [6, 6.07) is 0.828. The van der Waals surface area contributed by atoms with Crippen LogP contribution in [0.5, 0.6) is 0 Å². The van der Waals surface area contributed by atoms with E-state index in [0.29, 0.717) is 36.5 Å². The maximum absolute atomic E-state index is 9.59. The molecule has 8 aliphatic rings. The topological polar surface area (TPSA) is 206 Å².